The second-order valence-electron chi connectivity index (χ2n) is 4.95. The molecule has 0 heterocycles. The molecule has 0 aliphatic rings. The van der Waals surface area contributed by atoms with Crippen LogP contribution >= 0.6 is 0 Å². The van der Waals surface area contributed by atoms with Crippen molar-refractivity contribution in [3.05, 3.63) is 47.5 Å². The highest BCUT2D eigenvalue weighted by atomic mass is 16.5. The number of carbonyl (C=O) groups excluding carboxylic acids is 1. The molecule has 0 fully saturated rings. The summed E-state index contributed by atoms with van der Waals surface area (Å²) in [5.41, 5.74) is 1.36. The van der Waals surface area contributed by atoms with Gasteiger partial charge in [-0.1, -0.05) is 12.1 Å². The number of amides is 1. The minimum absolute atomic E-state index is 0.239. The van der Waals surface area contributed by atoms with Gasteiger partial charge in [-0.05, 0) is 29.8 Å². The van der Waals surface area contributed by atoms with Crippen molar-refractivity contribution < 1.29 is 23.7 Å². The highest BCUT2D eigenvalue weighted by molar-refractivity contribution is 5.95. The minimum atomic E-state index is -0.239. The largest absolute Gasteiger partial charge is 0.497 e. The van der Waals surface area contributed by atoms with E-state index in [1.807, 2.05) is 24.3 Å². The molecule has 0 radical (unpaired) electrons. The maximum absolute atomic E-state index is 12.4. The fourth-order valence-electron chi connectivity index (χ4n) is 2.28. The van der Waals surface area contributed by atoms with Gasteiger partial charge in [-0.2, -0.15) is 0 Å². The number of nitrogens with one attached hydrogen (secondary N) is 1. The Bertz CT molecular complexity index is 689. The molecule has 0 saturated heterocycles. The second kappa shape index (κ2) is 8.10. The summed E-state index contributed by atoms with van der Waals surface area (Å²) in [6, 6.07) is 10.7. The Balaban J connectivity index is 2.17. The van der Waals surface area contributed by atoms with Gasteiger partial charge in [0.2, 0.25) is 5.75 Å². The third-order valence-electron chi connectivity index (χ3n) is 3.51. The van der Waals surface area contributed by atoms with Gasteiger partial charge in [-0.25, -0.2) is 0 Å². The van der Waals surface area contributed by atoms with Crippen molar-refractivity contribution in [3.63, 3.8) is 0 Å². The maximum atomic E-state index is 12.4. The molecule has 0 unspecified atom stereocenters. The van der Waals surface area contributed by atoms with E-state index in [2.05, 4.69) is 5.32 Å². The summed E-state index contributed by atoms with van der Waals surface area (Å²) >= 11 is 0. The van der Waals surface area contributed by atoms with E-state index in [4.69, 9.17) is 18.9 Å². The predicted molar refractivity (Wildman–Crippen MR) is 90.3 cm³/mol. The van der Waals surface area contributed by atoms with Crippen molar-refractivity contribution in [2.24, 2.45) is 0 Å². The van der Waals surface area contributed by atoms with Crippen LogP contribution in [0.25, 0.3) is 0 Å². The summed E-state index contributed by atoms with van der Waals surface area (Å²) in [4.78, 5) is 12.4. The Morgan fingerprint density at radius 1 is 0.917 bits per heavy atom. The van der Waals surface area contributed by atoms with Crippen LogP contribution in [0, 0.1) is 0 Å². The van der Waals surface area contributed by atoms with E-state index in [1.54, 1.807) is 19.2 Å². The molecule has 24 heavy (non-hydrogen) atoms. The van der Waals surface area contributed by atoms with Crippen LogP contribution in [0.2, 0.25) is 0 Å². The number of methoxy groups -OCH3 is 4. The molecule has 0 aliphatic carbocycles. The Morgan fingerprint density at radius 2 is 1.58 bits per heavy atom. The van der Waals surface area contributed by atoms with Crippen molar-refractivity contribution in [1.29, 1.82) is 0 Å². The molecular weight excluding hydrogens is 310 g/mol. The molecule has 0 atom stereocenters. The fourth-order valence-corrected chi connectivity index (χ4v) is 2.28. The van der Waals surface area contributed by atoms with E-state index < -0.39 is 0 Å². The molecule has 1 N–H and O–H groups in total. The monoisotopic (exact) mass is 331 g/mol. The van der Waals surface area contributed by atoms with E-state index in [0.29, 0.717) is 29.4 Å². The first-order valence-electron chi connectivity index (χ1n) is 7.34. The van der Waals surface area contributed by atoms with Gasteiger partial charge in [-0.15, -0.1) is 0 Å². The molecule has 128 valence electrons. The lowest BCUT2D eigenvalue weighted by Crippen LogP contribution is -2.23. The molecule has 0 bridgehead atoms. The zero-order valence-corrected chi connectivity index (χ0v) is 14.2. The topological polar surface area (TPSA) is 66.0 Å². The van der Waals surface area contributed by atoms with Crippen LogP contribution in [0.3, 0.4) is 0 Å². The summed E-state index contributed by atoms with van der Waals surface area (Å²) in [5.74, 6) is 1.82. The Morgan fingerprint density at radius 3 is 2.12 bits per heavy atom. The normalized spacial score (nSPS) is 10.0. The van der Waals surface area contributed by atoms with Crippen LogP contribution in [0.4, 0.5) is 0 Å². The molecule has 0 aromatic heterocycles. The Hall–Kier alpha value is -2.89. The molecule has 6 nitrogen and oxygen atoms in total. The van der Waals surface area contributed by atoms with Gasteiger partial charge >= 0.3 is 0 Å². The highest BCUT2D eigenvalue weighted by Crippen LogP contribution is 2.38. The fraction of sp³-hybridized carbons (Fsp3) is 0.278. The summed E-state index contributed by atoms with van der Waals surface area (Å²) in [6.45, 7) is 0.382. The lowest BCUT2D eigenvalue weighted by Gasteiger charge is -2.14. The summed E-state index contributed by atoms with van der Waals surface area (Å²) in [6.07, 6.45) is 0. The van der Waals surface area contributed by atoms with Crippen molar-refractivity contribution in [1.82, 2.24) is 5.32 Å². The summed E-state index contributed by atoms with van der Waals surface area (Å²) in [7, 11) is 6.14. The number of hydrogen-bond donors (Lipinski definition) is 1. The zero-order chi connectivity index (χ0) is 17.5. The van der Waals surface area contributed by atoms with E-state index in [9.17, 15) is 4.79 Å². The van der Waals surface area contributed by atoms with Gasteiger partial charge in [0, 0.05) is 12.1 Å². The number of benzene rings is 2. The van der Waals surface area contributed by atoms with E-state index in [-0.39, 0.29) is 5.91 Å². The van der Waals surface area contributed by atoms with Gasteiger partial charge in [0.1, 0.15) is 5.75 Å². The van der Waals surface area contributed by atoms with Crippen LogP contribution in [0.1, 0.15) is 15.9 Å². The quantitative estimate of drug-likeness (QED) is 0.845. The molecule has 1 amide bonds. The molecular formula is C18H21NO5. The molecule has 6 heteroatoms. The minimum Gasteiger partial charge on any atom is -0.497 e. The lowest BCUT2D eigenvalue weighted by molar-refractivity contribution is 0.0950. The Labute approximate surface area is 141 Å². The average Bonchev–Trinajstić information content (AvgIpc) is 2.64. The van der Waals surface area contributed by atoms with E-state index in [1.165, 1.54) is 21.3 Å². The number of hydrogen-bond acceptors (Lipinski definition) is 5. The van der Waals surface area contributed by atoms with Crippen LogP contribution in [0.5, 0.6) is 23.0 Å². The third-order valence-corrected chi connectivity index (χ3v) is 3.51. The van der Waals surface area contributed by atoms with Gasteiger partial charge in [-0.3, -0.25) is 4.79 Å². The predicted octanol–water partition coefficient (Wildman–Crippen LogP) is 2.65. The van der Waals surface area contributed by atoms with Crippen LogP contribution in [-0.2, 0) is 6.54 Å². The molecule has 0 saturated carbocycles. The molecule has 2 aromatic carbocycles. The zero-order valence-electron chi connectivity index (χ0n) is 14.2. The van der Waals surface area contributed by atoms with E-state index >= 15 is 0 Å². The van der Waals surface area contributed by atoms with Gasteiger partial charge in [0.05, 0.1) is 28.4 Å². The highest BCUT2D eigenvalue weighted by Gasteiger charge is 2.16. The summed E-state index contributed by atoms with van der Waals surface area (Å²) < 4.78 is 20.9. The Kier molecular flexibility index (Phi) is 5.89. The molecule has 2 rings (SSSR count). The van der Waals surface area contributed by atoms with Crippen LogP contribution < -0.4 is 24.3 Å². The lowest BCUT2D eigenvalue weighted by atomic mass is 10.1. The molecule has 0 spiro atoms. The standard InChI is InChI=1S/C18H21NO5/c1-21-14-7-5-6-12(8-14)11-19-18(20)13-9-15(22-2)17(24-4)16(10-13)23-3/h5-10H,11H2,1-4H3,(H,19,20). The number of rotatable bonds is 7. The summed E-state index contributed by atoms with van der Waals surface area (Å²) in [5, 5.41) is 2.86. The first-order chi connectivity index (χ1) is 11.6. The number of ether oxygens (including phenoxy) is 4. The number of carbonyl (C=O) groups is 1. The molecule has 2 aromatic rings. The van der Waals surface area contributed by atoms with Crippen molar-refractivity contribution in [2.45, 2.75) is 6.54 Å². The molecule has 0 aliphatic heterocycles. The maximum Gasteiger partial charge on any atom is 0.251 e. The van der Waals surface area contributed by atoms with Gasteiger partial charge in [0.15, 0.2) is 11.5 Å². The van der Waals surface area contributed by atoms with Gasteiger partial charge in [0.25, 0.3) is 5.91 Å². The van der Waals surface area contributed by atoms with Crippen molar-refractivity contribution >= 4 is 5.91 Å². The second-order valence-corrected chi connectivity index (χ2v) is 4.95. The van der Waals surface area contributed by atoms with Gasteiger partial charge < -0.3 is 24.3 Å². The SMILES string of the molecule is COc1cccc(CNC(=O)c2cc(OC)c(OC)c(OC)c2)c1. The van der Waals surface area contributed by atoms with Crippen LogP contribution in [-0.4, -0.2) is 34.3 Å². The smallest absolute Gasteiger partial charge is 0.251 e. The van der Waals surface area contributed by atoms with E-state index in [0.717, 1.165) is 11.3 Å². The third kappa shape index (κ3) is 3.90. The van der Waals surface area contributed by atoms with Crippen LogP contribution in [0.15, 0.2) is 36.4 Å². The first kappa shape index (κ1) is 17.5. The average molecular weight is 331 g/mol. The van der Waals surface area contributed by atoms with Crippen molar-refractivity contribution in [3.8, 4) is 23.0 Å². The van der Waals surface area contributed by atoms with Crippen molar-refractivity contribution in [2.75, 3.05) is 28.4 Å². The first-order valence-corrected chi connectivity index (χ1v) is 7.34.